The number of aromatic nitrogens is 2. The Hall–Kier alpha value is -3.10. The monoisotopic (exact) mass is 347 g/mol. The van der Waals surface area contributed by atoms with E-state index >= 15 is 0 Å². The first kappa shape index (κ1) is 16.7. The summed E-state index contributed by atoms with van der Waals surface area (Å²) in [5, 5.41) is 10.2. The topological polar surface area (TPSA) is 78.4 Å². The first-order valence-electron chi connectivity index (χ1n) is 7.61. The maximum Gasteiger partial charge on any atom is 0.276 e. The smallest absolute Gasteiger partial charge is 0.276 e. The molecule has 1 aliphatic rings. The van der Waals surface area contributed by atoms with Crippen molar-refractivity contribution < 1.29 is 18.4 Å². The standard InChI is InChI=1S/C16H15F2N5O2/c17-11-1-2-13(12(18)9-11)19-16(25)14-3-4-15(21-20-14)23-7-5-22(10-24)6-8-23/h1-4,9-10H,5-8H2,(H,19,25). The average Bonchev–Trinajstić information content (AvgIpc) is 2.64. The zero-order chi connectivity index (χ0) is 17.8. The van der Waals surface area contributed by atoms with Gasteiger partial charge in [0.05, 0.1) is 5.69 Å². The summed E-state index contributed by atoms with van der Waals surface area (Å²) in [6.45, 7) is 2.44. The zero-order valence-electron chi connectivity index (χ0n) is 13.2. The van der Waals surface area contributed by atoms with Crippen LogP contribution in [-0.2, 0) is 4.79 Å². The quantitative estimate of drug-likeness (QED) is 0.843. The van der Waals surface area contributed by atoms with Crippen LogP contribution in [0.4, 0.5) is 20.3 Å². The van der Waals surface area contributed by atoms with Gasteiger partial charge in [0.1, 0.15) is 11.6 Å². The maximum atomic E-state index is 13.6. The fraction of sp³-hybridized carbons (Fsp3) is 0.250. The Morgan fingerprint density at radius 1 is 1.08 bits per heavy atom. The second-order valence-electron chi connectivity index (χ2n) is 5.48. The van der Waals surface area contributed by atoms with Crippen LogP contribution in [0.1, 0.15) is 10.5 Å². The minimum atomic E-state index is -0.869. The van der Waals surface area contributed by atoms with E-state index in [4.69, 9.17) is 0 Å². The van der Waals surface area contributed by atoms with E-state index in [1.54, 1.807) is 11.0 Å². The molecule has 0 bridgehead atoms. The highest BCUT2D eigenvalue weighted by atomic mass is 19.1. The molecule has 3 rings (SSSR count). The van der Waals surface area contributed by atoms with E-state index in [0.717, 1.165) is 18.5 Å². The highest BCUT2D eigenvalue weighted by Gasteiger charge is 2.18. The normalized spacial score (nSPS) is 14.3. The summed E-state index contributed by atoms with van der Waals surface area (Å²) in [7, 11) is 0. The van der Waals surface area contributed by atoms with Gasteiger partial charge in [-0.3, -0.25) is 9.59 Å². The van der Waals surface area contributed by atoms with Gasteiger partial charge in [0.25, 0.3) is 5.91 Å². The van der Waals surface area contributed by atoms with Crippen LogP contribution in [-0.4, -0.2) is 53.6 Å². The highest BCUT2D eigenvalue weighted by Crippen LogP contribution is 2.16. The summed E-state index contributed by atoms with van der Waals surface area (Å²) in [4.78, 5) is 26.4. The van der Waals surface area contributed by atoms with Crippen LogP contribution in [0.5, 0.6) is 0 Å². The van der Waals surface area contributed by atoms with Gasteiger partial charge in [-0.1, -0.05) is 0 Å². The number of piperazine rings is 1. The van der Waals surface area contributed by atoms with Gasteiger partial charge in [-0.05, 0) is 24.3 Å². The second-order valence-corrected chi connectivity index (χ2v) is 5.48. The SMILES string of the molecule is O=CN1CCN(c2ccc(C(=O)Nc3ccc(F)cc3F)nn2)CC1. The maximum absolute atomic E-state index is 13.6. The van der Waals surface area contributed by atoms with E-state index in [9.17, 15) is 18.4 Å². The number of halogens is 2. The summed E-state index contributed by atoms with van der Waals surface area (Å²) in [6, 6.07) is 5.98. The minimum absolute atomic E-state index is 0.0130. The number of carbonyl (C=O) groups excluding carboxylic acids is 2. The molecule has 25 heavy (non-hydrogen) atoms. The lowest BCUT2D eigenvalue weighted by atomic mass is 10.2. The molecular formula is C16H15F2N5O2. The molecule has 9 heteroatoms. The number of anilines is 2. The number of carbonyl (C=O) groups is 2. The van der Waals surface area contributed by atoms with E-state index in [0.29, 0.717) is 38.1 Å². The van der Waals surface area contributed by atoms with Crippen LogP contribution in [0.2, 0.25) is 0 Å². The van der Waals surface area contributed by atoms with Crippen LogP contribution < -0.4 is 10.2 Å². The van der Waals surface area contributed by atoms with Gasteiger partial charge in [0.15, 0.2) is 11.5 Å². The predicted octanol–water partition coefficient (Wildman–Crippen LogP) is 1.29. The van der Waals surface area contributed by atoms with E-state index < -0.39 is 17.5 Å². The molecule has 1 N–H and O–H groups in total. The van der Waals surface area contributed by atoms with Crippen molar-refractivity contribution in [3.8, 4) is 0 Å². The van der Waals surface area contributed by atoms with E-state index in [-0.39, 0.29) is 11.4 Å². The first-order chi connectivity index (χ1) is 12.1. The Labute approximate surface area is 142 Å². The Bertz CT molecular complexity index is 777. The summed E-state index contributed by atoms with van der Waals surface area (Å²) in [5.74, 6) is -1.65. The third kappa shape index (κ3) is 3.87. The fourth-order valence-corrected chi connectivity index (χ4v) is 2.45. The number of hydrogen-bond donors (Lipinski definition) is 1. The van der Waals surface area contributed by atoms with Crippen molar-refractivity contribution in [1.29, 1.82) is 0 Å². The molecule has 0 saturated carbocycles. The van der Waals surface area contributed by atoms with Gasteiger partial charge in [-0.2, -0.15) is 0 Å². The van der Waals surface area contributed by atoms with Crippen molar-refractivity contribution in [1.82, 2.24) is 15.1 Å². The first-order valence-corrected chi connectivity index (χ1v) is 7.61. The van der Waals surface area contributed by atoms with E-state index in [2.05, 4.69) is 15.5 Å². The molecule has 1 aliphatic heterocycles. The number of hydrogen-bond acceptors (Lipinski definition) is 5. The van der Waals surface area contributed by atoms with Crippen LogP contribution in [0, 0.1) is 11.6 Å². The Balaban J connectivity index is 1.65. The summed E-state index contributed by atoms with van der Waals surface area (Å²) in [6.07, 6.45) is 0.811. The van der Waals surface area contributed by atoms with Crippen LogP contribution >= 0.6 is 0 Å². The van der Waals surface area contributed by atoms with Crippen molar-refractivity contribution in [2.45, 2.75) is 0 Å². The molecule has 0 aliphatic carbocycles. The molecule has 0 atom stereocenters. The van der Waals surface area contributed by atoms with Gasteiger partial charge in [-0.25, -0.2) is 8.78 Å². The second kappa shape index (κ2) is 7.20. The highest BCUT2D eigenvalue weighted by molar-refractivity contribution is 6.02. The van der Waals surface area contributed by atoms with Crippen molar-refractivity contribution >= 4 is 23.8 Å². The van der Waals surface area contributed by atoms with Crippen molar-refractivity contribution in [3.63, 3.8) is 0 Å². The molecule has 0 radical (unpaired) electrons. The number of rotatable bonds is 4. The Kier molecular flexibility index (Phi) is 4.82. The van der Waals surface area contributed by atoms with E-state index in [1.807, 2.05) is 4.90 Å². The molecular weight excluding hydrogens is 332 g/mol. The zero-order valence-corrected chi connectivity index (χ0v) is 13.2. The minimum Gasteiger partial charge on any atom is -0.352 e. The lowest BCUT2D eigenvalue weighted by Crippen LogP contribution is -2.46. The van der Waals surface area contributed by atoms with Gasteiger partial charge in [0.2, 0.25) is 6.41 Å². The van der Waals surface area contributed by atoms with Crippen molar-refractivity contribution in [3.05, 3.63) is 47.7 Å². The molecule has 2 amide bonds. The summed E-state index contributed by atoms with van der Waals surface area (Å²) in [5.41, 5.74) is -0.124. The number of amides is 2. The third-order valence-corrected chi connectivity index (χ3v) is 3.85. The fourth-order valence-electron chi connectivity index (χ4n) is 2.45. The Morgan fingerprint density at radius 3 is 2.44 bits per heavy atom. The van der Waals surface area contributed by atoms with Gasteiger partial charge < -0.3 is 15.1 Å². The number of nitrogens with one attached hydrogen (secondary N) is 1. The number of benzene rings is 1. The van der Waals surface area contributed by atoms with Crippen LogP contribution in [0.3, 0.4) is 0 Å². The molecule has 1 fully saturated rings. The molecule has 130 valence electrons. The lowest BCUT2D eigenvalue weighted by molar-refractivity contribution is -0.118. The van der Waals surface area contributed by atoms with Gasteiger partial charge >= 0.3 is 0 Å². The van der Waals surface area contributed by atoms with Crippen LogP contribution in [0.25, 0.3) is 0 Å². The summed E-state index contributed by atoms with van der Waals surface area (Å²) >= 11 is 0. The Morgan fingerprint density at radius 2 is 1.84 bits per heavy atom. The van der Waals surface area contributed by atoms with Gasteiger partial charge in [-0.15, -0.1) is 10.2 Å². The molecule has 2 heterocycles. The van der Waals surface area contributed by atoms with Crippen molar-refractivity contribution in [2.75, 3.05) is 36.4 Å². The number of nitrogens with zero attached hydrogens (tertiary/aromatic N) is 4. The molecule has 7 nitrogen and oxygen atoms in total. The molecule has 1 aromatic heterocycles. The predicted molar refractivity (Wildman–Crippen MR) is 86.2 cm³/mol. The van der Waals surface area contributed by atoms with Crippen LogP contribution in [0.15, 0.2) is 30.3 Å². The van der Waals surface area contributed by atoms with Crippen molar-refractivity contribution in [2.24, 2.45) is 0 Å². The third-order valence-electron chi connectivity index (χ3n) is 3.85. The molecule has 1 saturated heterocycles. The lowest BCUT2D eigenvalue weighted by Gasteiger charge is -2.32. The largest absolute Gasteiger partial charge is 0.352 e. The average molecular weight is 347 g/mol. The molecule has 2 aromatic rings. The molecule has 1 aromatic carbocycles. The summed E-state index contributed by atoms with van der Waals surface area (Å²) < 4.78 is 26.4. The van der Waals surface area contributed by atoms with E-state index in [1.165, 1.54) is 6.07 Å². The van der Waals surface area contributed by atoms with Gasteiger partial charge in [0, 0.05) is 32.2 Å². The molecule has 0 spiro atoms. The molecule has 0 unspecified atom stereocenters.